The zero-order valence-corrected chi connectivity index (χ0v) is 8.90. The van der Waals surface area contributed by atoms with Crippen LogP contribution in [0, 0.1) is 0 Å². The van der Waals surface area contributed by atoms with Crippen molar-refractivity contribution in [2.75, 3.05) is 6.54 Å². The van der Waals surface area contributed by atoms with E-state index >= 15 is 0 Å². The SMILES string of the molecule is O=C1NCC2(CC2)c2cc(C(F)(F)F)ccc21. The number of hydrogen-bond donors (Lipinski definition) is 1. The summed E-state index contributed by atoms with van der Waals surface area (Å²) < 4.78 is 37.9. The van der Waals surface area contributed by atoms with E-state index in [1.54, 1.807) is 0 Å². The first-order chi connectivity index (χ1) is 7.92. The molecule has 90 valence electrons. The van der Waals surface area contributed by atoms with E-state index < -0.39 is 11.7 Å². The maximum absolute atomic E-state index is 12.6. The number of fused-ring (bicyclic) bond motifs is 2. The van der Waals surface area contributed by atoms with E-state index in [-0.39, 0.29) is 11.3 Å². The average Bonchev–Trinajstić information content (AvgIpc) is 3.04. The van der Waals surface area contributed by atoms with Gasteiger partial charge in [-0.3, -0.25) is 4.79 Å². The number of carbonyl (C=O) groups is 1. The van der Waals surface area contributed by atoms with Crippen molar-refractivity contribution in [1.29, 1.82) is 0 Å². The highest BCUT2D eigenvalue weighted by Crippen LogP contribution is 2.51. The Bertz CT molecular complexity index is 503. The van der Waals surface area contributed by atoms with Gasteiger partial charge in [-0.25, -0.2) is 0 Å². The second kappa shape index (κ2) is 3.03. The van der Waals surface area contributed by atoms with Gasteiger partial charge in [0.05, 0.1) is 5.56 Å². The molecule has 2 nitrogen and oxygen atoms in total. The molecular formula is C12H10F3NO. The van der Waals surface area contributed by atoms with Gasteiger partial charge in [-0.2, -0.15) is 13.2 Å². The lowest BCUT2D eigenvalue weighted by atomic mass is 9.86. The van der Waals surface area contributed by atoms with Crippen LogP contribution in [0.15, 0.2) is 18.2 Å². The second-order valence-electron chi connectivity index (χ2n) is 4.72. The van der Waals surface area contributed by atoms with Crippen LogP contribution in [-0.2, 0) is 11.6 Å². The van der Waals surface area contributed by atoms with Gasteiger partial charge in [-0.1, -0.05) is 0 Å². The molecule has 5 heteroatoms. The number of benzene rings is 1. The first kappa shape index (κ1) is 10.6. The van der Waals surface area contributed by atoms with Gasteiger partial charge < -0.3 is 5.32 Å². The van der Waals surface area contributed by atoms with Crippen LogP contribution in [0.4, 0.5) is 13.2 Å². The first-order valence-corrected chi connectivity index (χ1v) is 5.42. The normalized spacial score (nSPS) is 21.0. The van der Waals surface area contributed by atoms with E-state index in [1.165, 1.54) is 6.07 Å². The minimum atomic E-state index is -4.35. The monoisotopic (exact) mass is 241 g/mol. The summed E-state index contributed by atoms with van der Waals surface area (Å²) >= 11 is 0. The predicted molar refractivity (Wildman–Crippen MR) is 54.7 cm³/mol. The number of amides is 1. The maximum atomic E-state index is 12.6. The van der Waals surface area contributed by atoms with Gasteiger partial charge >= 0.3 is 6.18 Å². The molecule has 1 aromatic rings. The molecule has 1 amide bonds. The number of carbonyl (C=O) groups excluding carboxylic acids is 1. The van der Waals surface area contributed by atoms with Crippen molar-refractivity contribution in [3.05, 3.63) is 34.9 Å². The standard InChI is InChI=1S/C12H10F3NO/c13-12(14,15)7-1-2-8-9(5-7)11(3-4-11)6-16-10(8)17/h1-2,5H,3-4,6H2,(H,16,17). The van der Waals surface area contributed by atoms with Gasteiger partial charge in [0.25, 0.3) is 5.91 Å². The number of hydrogen-bond acceptors (Lipinski definition) is 1. The molecule has 2 aliphatic rings. The van der Waals surface area contributed by atoms with Gasteiger partial charge in [-0.05, 0) is 36.6 Å². The van der Waals surface area contributed by atoms with Crippen LogP contribution < -0.4 is 5.32 Å². The third-order valence-corrected chi connectivity index (χ3v) is 3.60. The fourth-order valence-electron chi connectivity index (χ4n) is 2.39. The van der Waals surface area contributed by atoms with E-state index in [2.05, 4.69) is 5.32 Å². The van der Waals surface area contributed by atoms with E-state index in [0.29, 0.717) is 17.7 Å². The van der Waals surface area contributed by atoms with Crippen molar-refractivity contribution in [2.24, 2.45) is 0 Å². The molecule has 1 spiro atoms. The smallest absolute Gasteiger partial charge is 0.351 e. The van der Waals surface area contributed by atoms with Gasteiger partial charge in [0, 0.05) is 17.5 Å². The molecule has 0 radical (unpaired) electrons. The number of nitrogens with one attached hydrogen (secondary N) is 1. The highest BCUT2D eigenvalue weighted by atomic mass is 19.4. The largest absolute Gasteiger partial charge is 0.416 e. The molecule has 0 atom stereocenters. The topological polar surface area (TPSA) is 29.1 Å². The molecule has 3 rings (SSSR count). The summed E-state index contributed by atoms with van der Waals surface area (Å²) in [4.78, 5) is 11.6. The van der Waals surface area contributed by atoms with Crippen molar-refractivity contribution < 1.29 is 18.0 Å². The summed E-state index contributed by atoms with van der Waals surface area (Å²) in [6, 6.07) is 3.40. The van der Waals surface area contributed by atoms with Gasteiger partial charge in [0.15, 0.2) is 0 Å². The lowest BCUT2D eigenvalue weighted by Crippen LogP contribution is -2.39. The molecule has 0 unspecified atom stereocenters. The second-order valence-corrected chi connectivity index (χ2v) is 4.72. The van der Waals surface area contributed by atoms with Crippen LogP contribution in [0.3, 0.4) is 0 Å². The quantitative estimate of drug-likeness (QED) is 0.742. The van der Waals surface area contributed by atoms with Crippen LogP contribution in [0.5, 0.6) is 0 Å². The molecule has 1 fully saturated rings. The lowest BCUT2D eigenvalue weighted by molar-refractivity contribution is -0.137. The Morgan fingerprint density at radius 3 is 2.53 bits per heavy atom. The number of alkyl halides is 3. The van der Waals surface area contributed by atoms with Crippen LogP contribution in [0.2, 0.25) is 0 Å². The third-order valence-electron chi connectivity index (χ3n) is 3.60. The van der Waals surface area contributed by atoms with E-state index in [1.807, 2.05) is 0 Å². The molecule has 0 saturated heterocycles. The summed E-state index contributed by atoms with van der Waals surface area (Å²) in [7, 11) is 0. The van der Waals surface area contributed by atoms with Crippen molar-refractivity contribution in [3.63, 3.8) is 0 Å². The fraction of sp³-hybridized carbons (Fsp3) is 0.417. The van der Waals surface area contributed by atoms with Gasteiger partial charge in [0.2, 0.25) is 0 Å². The minimum absolute atomic E-state index is 0.232. The fourth-order valence-corrected chi connectivity index (χ4v) is 2.39. The Kier molecular flexibility index (Phi) is 1.89. The Balaban J connectivity index is 2.15. The first-order valence-electron chi connectivity index (χ1n) is 5.42. The lowest BCUT2D eigenvalue weighted by Gasteiger charge is -2.26. The minimum Gasteiger partial charge on any atom is -0.351 e. The van der Waals surface area contributed by atoms with Crippen molar-refractivity contribution in [2.45, 2.75) is 24.4 Å². The Hall–Kier alpha value is -1.52. The average molecular weight is 241 g/mol. The molecule has 1 aliphatic heterocycles. The third kappa shape index (κ3) is 1.52. The molecule has 1 saturated carbocycles. The molecule has 1 heterocycles. The van der Waals surface area contributed by atoms with Crippen LogP contribution in [0.1, 0.15) is 34.3 Å². The highest BCUT2D eigenvalue weighted by Gasteiger charge is 2.49. The van der Waals surface area contributed by atoms with E-state index in [0.717, 1.165) is 25.0 Å². The van der Waals surface area contributed by atoms with E-state index in [9.17, 15) is 18.0 Å². The Labute approximate surface area is 95.8 Å². The number of halogens is 3. The molecule has 0 bridgehead atoms. The zero-order valence-electron chi connectivity index (χ0n) is 8.90. The molecule has 17 heavy (non-hydrogen) atoms. The van der Waals surface area contributed by atoms with Crippen molar-refractivity contribution in [3.8, 4) is 0 Å². The predicted octanol–water partition coefficient (Wildman–Crippen LogP) is 2.48. The van der Waals surface area contributed by atoms with Crippen LogP contribution in [-0.4, -0.2) is 12.5 Å². The van der Waals surface area contributed by atoms with Crippen LogP contribution >= 0.6 is 0 Å². The Morgan fingerprint density at radius 1 is 1.24 bits per heavy atom. The highest BCUT2D eigenvalue weighted by molar-refractivity contribution is 5.97. The van der Waals surface area contributed by atoms with Crippen molar-refractivity contribution in [1.82, 2.24) is 5.32 Å². The Morgan fingerprint density at radius 2 is 1.94 bits per heavy atom. The molecular weight excluding hydrogens is 231 g/mol. The van der Waals surface area contributed by atoms with Crippen molar-refractivity contribution >= 4 is 5.91 Å². The summed E-state index contributed by atoms with van der Waals surface area (Å²) in [6.45, 7) is 0.458. The van der Waals surface area contributed by atoms with Gasteiger partial charge in [0.1, 0.15) is 0 Å². The maximum Gasteiger partial charge on any atom is 0.416 e. The molecule has 1 N–H and O–H groups in total. The van der Waals surface area contributed by atoms with Gasteiger partial charge in [-0.15, -0.1) is 0 Å². The summed E-state index contributed by atoms with van der Waals surface area (Å²) in [5, 5.41) is 2.73. The summed E-state index contributed by atoms with van der Waals surface area (Å²) in [5.41, 5.74) is 0.0554. The van der Waals surface area contributed by atoms with Crippen LogP contribution in [0.25, 0.3) is 0 Å². The summed E-state index contributed by atoms with van der Waals surface area (Å²) in [6.07, 6.45) is -2.65. The summed E-state index contributed by atoms with van der Waals surface area (Å²) in [5.74, 6) is -0.272. The van der Waals surface area contributed by atoms with E-state index in [4.69, 9.17) is 0 Å². The molecule has 1 aliphatic carbocycles. The molecule has 1 aromatic carbocycles. The number of rotatable bonds is 0. The molecule has 0 aromatic heterocycles. The zero-order chi connectivity index (χ0) is 12.3.